The maximum Gasteiger partial charge on any atom is 0.262 e. The highest BCUT2D eigenvalue weighted by Gasteiger charge is 2.56. The fraction of sp³-hybridized carbons (Fsp3) is 0.583. The summed E-state index contributed by atoms with van der Waals surface area (Å²) in [4.78, 5) is 26.4. The van der Waals surface area contributed by atoms with Crippen LogP contribution in [0, 0.1) is 23.2 Å². The number of anilines is 2. The Balaban J connectivity index is 1.18. The second-order valence-corrected chi connectivity index (χ2v) is 14.5. The lowest BCUT2D eigenvalue weighted by Crippen LogP contribution is -2.58. The first-order valence-corrected chi connectivity index (χ1v) is 17.1. The molecule has 0 spiro atoms. The van der Waals surface area contributed by atoms with E-state index in [9.17, 15) is 9.18 Å². The van der Waals surface area contributed by atoms with Crippen molar-refractivity contribution < 1.29 is 9.13 Å². The number of aliphatic imine (C=N–C) groups is 1. The van der Waals surface area contributed by atoms with Gasteiger partial charge < -0.3 is 25.6 Å². The van der Waals surface area contributed by atoms with Crippen LogP contribution in [0.3, 0.4) is 0 Å². The Morgan fingerprint density at radius 3 is 2.67 bits per heavy atom. The van der Waals surface area contributed by atoms with Crippen LogP contribution < -0.4 is 26.2 Å². The third kappa shape index (κ3) is 6.08. The number of piperazine rings is 1. The number of alkyl halides is 1. The highest BCUT2D eigenvalue weighted by Crippen LogP contribution is 2.61. The molecule has 246 valence electrons. The molecule has 46 heavy (non-hydrogen) atoms. The van der Waals surface area contributed by atoms with Gasteiger partial charge in [0.25, 0.3) is 5.56 Å². The zero-order valence-corrected chi connectivity index (χ0v) is 27.6. The van der Waals surface area contributed by atoms with Crippen molar-refractivity contribution in [1.29, 1.82) is 0 Å². The molecule has 1 saturated heterocycles. The lowest BCUT2D eigenvalue weighted by atomic mass is 9.45. The number of benzene rings is 2. The highest BCUT2D eigenvalue weighted by atomic mass is 19.1. The van der Waals surface area contributed by atoms with Gasteiger partial charge >= 0.3 is 0 Å². The molecule has 5 aliphatic rings. The first-order valence-electron chi connectivity index (χ1n) is 17.1. The number of nitrogens with zero attached hydrogens (tertiary/aromatic N) is 4. The van der Waals surface area contributed by atoms with Gasteiger partial charge in [-0.15, -0.1) is 0 Å². The van der Waals surface area contributed by atoms with Crippen LogP contribution in [0.15, 0.2) is 52.3 Å². The summed E-state index contributed by atoms with van der Waals surface area (Å²) >= 11 is 0. The van der Waals surface area contributed by atoms with Crippen molar-refractivity contribution in [1.82, 2.24) is 19.8 Å². The van der Waals surface area contributed by atoms with Gasteiger partial charge in [-0.05, 0) is 91.2 Å². The molecule has 4 saturated carbocycles. The lowest BCUT2D eigenvalue weighted by molar-refractivity contribution is -0.108. The summed E-state index contributed by atoms with van der Waals surface area (Å²) in [5, 5.41) is 11.0. The van der Waals surface area contributed by atoms with Gasteiger partial charge in [0, 0.05) is 37.9 Å². The van der Waals surface area contributed by atoms with Crippen molar-refractivity contribution in [2.75, 3.05) is 44.1 Å². The Morgan fingerprint density at radius 1 is 1.17 bits per heavy atom. The van der Waals surface area contributed by atoms with Gasteiger partial charge in [-0.3, -0.25) is 9.36 Å². The number of rotatable bonds is 9. The van der Waals surface area contributed by atoms with Crippen LogP contribution in [0.25, 0.3) is 10.9 Å². The van der Waals surface area contributed by atoms with E-state index in [0.717, 1.165) is 48.8 Å². The third-order valence-corrected chi connectivity index (χ3v) is 11.2. The van der Waals surface area contributed by atoms with Gasteiger partial charge in [0.2, 0.25) is 5.95 Å². The molecule has 0 amide bonds. The summed E-state index contributed by atoms with van der Waals surface area (Å²) in [7, 11) is 1.66. The molecule has 8 rings (SSSR count). The van der Waals surface area contributed by atoms with E-state index >= 15 is 0 Å². The summed E-state index contributed by atoms with van der Waals surface area (Å²) < 4.78 is 20.8. The average Bonchev–Trinajstić information content (AvgIpc) is 3.89. The van der Waals surface area contributed by atoms with Crippen LogP contribution in [-0.4, -0.2) is 72.0 Å². The second kappa shape index (κ2) is 12.5. The Bertz CT molecular complexity index is 1650. The maximum absolute atomic E-state index is 13.9. The van der Waals surface area contributed by atoms with E-state index in [0.29, 0.717) is 72.1 Å². The number of nitrogens with one attached hydrogen (secondary N) is 3. The molecule has 4 aliphatic carbocycles. The largest absolute Gasteiger partial charge is 0.497 e. The van der Waals surface area contributed by atoms with Crippen molar-refractivity contribution in [2.45, 2.75) is 77.5 Å². The molecule has 2 bridgehead atoms. The van der Waals surface area contributed by atoms with Gasteiger partial charge in [0.1, 0.15) is 12.4 Å². The molecular weight excluding hydrogens is 581 g/mol. The van der Waals surface area contributed by atoms with Gasteiger partial charge in [0.15, 0.2) is 5.96 Å². The number of guanidine groups is 1. The van der Waals surface area contributed by atoms with Crippen molar-refractivity contribution >= 4 is 28.5 Å². The summed E-state index contributed by atoms with van der Waals surface area (Å²) in [6.45, 7) is 9.30. The minimum atomic E-state index is -0.413. The van der Waals surface area contributed by atoms with Crippen molar-refractivity contribution in [3.8, 4) is 5.75 Å². The zero-order valence-electron chi connectivity index (χ0n) is 27.6. The summed E-state index contributed by atoms with van der Waals surface area (Å²) in [6.07, 6.45) is 5.25. The van der Waals surface area contributed by atoms with Crippen LogP contribution >= 0.6 is 0 Å². The van der Waals surface area contributed by atoms with E-state index in [1.165, 1.54) is 6.42 Å². The molecule has 3 aromatic rings. The van der Waals surface area contributed by atoms with E-state index in [4.69, 9.17) is 14.7 Å². The molecule has 0 radical (unpaired) electrons. The fourth-order valence-electron chi connectivity index (χ4n) is 7.95. The summed E-state index contributed by atoms with van der Waals surface area (Å²) in [5.74, 6) is 4.08. The van der Waals surface area contributed by atoms with Crippen LogP contribution in [0.2, 0.25) is 0 Å². The zero-order chi connectivity index (χ0) is 32.0. The normalized spacial score (nSPS) is 27.3. The Labute approximate surface area is 271 Å². The highest BCUT2D eigenvalue weighted by molar-refractivity contribution is 5.96. The number of fused-ring (bicyclic) bond motifs is 3. The van der Waals surface area contributed by atoms with E-state index in [-0.39, 0.29) is 17.6 Å². The van der Waals surface area contributed by atoms with Crippen LogP contribution in [0.1, 0.15) is 52.0 Å². The SMILES string of the molecule is COc1ccc(CCn2c(NC3CC3)nc3cc(N/C(=N/C4C[C@H]5C[C@@H]([C@@H]4C)C5(C)C)N4CCN[C@@H](CF)C4)ccc3c2=O)cc1. The fourth-order valence-corrected chi connectivity index (χ4v) is 7.95. The molecule has 2 aromatic carbocycles. The number of methoxy groups -OCH3 is 1. The first kappa shape index (κ1) is 31.0. The van der Waals surface area contributed by atoms with Crippen LogP contribution in [0.4, 0.5) is 16.0 Å². The predicted octanol–water partition coefficient (Wildman–Crippen LogP) is 5.30. The third-order valence-electron chi connectivity index (χ3n) is 11.2. The number of hydrogen-bond donors (Lipinski definition) is 3. The van der Waals surface area contributed by atoms with E-state index < -0.39 is 6.67 Å². The molecule has 3 N–H and O–H groups in total. The second-order valence-electron chi connectivity index (χ2n) is 14.5. The molecule has 5 atom stereocenters. The molecule has 1 unspecified atom stereocenters. The number of halogens is 1. The topological polar surface area (TPSA) is 95.8 Å². The number of ether oxygens (including phenoxy) is 1. The van der Waals surface area contributed by atoms with E-state index in [1.54, 1.807) is 11.7 Å². The van der Waals surface area contributed by atoms with Gasteiger partial charge in [-0.1, -0.05) is 32.9 Å². The Kier molecular flexibility index (Phi) is 8.42. The van der Waals surface area contributed by atoms with Gasteiger partial charge in [-0.2, -0.15) is 0 Å². The standard InChI is InChI=1S/C36H48FN7O2/c1-22-30-17-24(36(30,2)3)18-31(22)41-34(43-16-14-38-27(20-37)21-43)40-26-9-12-29-32(19-26)42-35(39-25-7-8-25)44(33(29)45)15-13-23-5-10-28(46-4)11-6-23/h5-6,9-12,19,22,24-25,27,30-31,38H,7-8,13-18,20-21H2,1-4H3,(H,39,42)(H,40,41)/t22-,24+,27-,30-,31?/m0/s1. The summed E-state index contributed by atoms with van der Waals surface area (Å²) in [5.41, 5.74) is 2.94. The molecular formula is C36H48FN7O2. The monoisotopic (exact) mass is 629 g/mol. The first-order chi connectivity index (χ1) is 22.2. The molecule has 1 aliphatic heterocycles. The minimum absolute atomic E-state index is 0.0483. The number of aryl methyl sites for hydroxylation is 1. The van der Waals surface area contributed by atoms with Gasteiger partial charge in [-0.25, -0.2) is 14.4 Å². The molecule has 1 aromatic heterocycles. The quantitative estimate of drug-likeness (QED) is 0.218. The van der Waals surface area contributed by atoms with Crippen LogP contribution in [-0.2, 0) is 13.0 Å². The van der Waals surface area contributed by atoms with Gasteiger partial charge in [0.05, 0.1) is 30.1 Å². The van der Waals surface area contributed by atoms with Crippen molar-refractivity contribution in [3.05, 3.63) is 58.4 Å². The predicted molar refractivity (Wildman–Crippen MR) is 183 cm³/mol. The Hall–Kier alpha value is -3.66. The minimum Gasteiger partial charge on any atom is -0.497 e. The lowest BCUT2D eigenvalue weighted by Gasteiger charge is -2.61. The summed E-state index contributed by atoms with van der Waals surface area (Å²) in [6, 6.07) is 14.1. The Morgan fingerprint density at radius 2 is 1.98 bits per heavy atom. The smallest absolute Gasteiger partial charge is 0.262 e. The number of hydrogen-bond acceptors (Lipinski definition) is 6. The van der Waals surface area contributed by atoms with E-state index in [2.05, 4.69) is 41.6 Å². The van der Waals surface area contributed by atoms with Crippen molar-refractivity contribution in [3.63, 3.8) is 0 Å². The number of aromatic nitrogens is 2. The molecule has 5 fully saturated rings. The molecule has 2 heterocycles. The maximum atomic E-state index is 13.9. The molecule has 10 heteroatoms. The van der Waals surface area contributed by atoms with Crippen LogP contribution in [0.5, 0.6) is 5.75 Å². The van der Waals surface area contributed by atoms with Crippen molar-refractivity contribution in [2.24, 2.45) is 28.2 Å². The molecule has 9 nitrogen and oxygen atoms in total. The average molecular weight is 630 g/mol. The van der Waals surface area contributed by atoms with E-state index in [1.807, 2.05) is 42.5 Å².